The molecule has 2 aromatic rings. The van der Waals surface area contributed by atoms with E-state index in [0.717, 1.165) is 11.3 Å². The van der Waals surface area contributed by atoms with Gasteiger partial charge in [-0.05, 0) is 24.3 Å². The molecule has 0 atom stereocenters. The van der Waals surface area contributed by atoms with Crippen LogP contribution in [0.3, 0.4) is 0 Å². The van der Waals surface area contributed by atoms with Crippen LogP contribution in [-0.2, 0) is 0 Å². The number of nitrogens with zero attached hydrogens (tertiary/aromatic N) is 3. The highest BCUT2D eigenvalue weighted by Gasteiger charge is 2.08. The minimum absolute atomic E-state index is 0.150. The van der Waals surface area contributed by atoms with Gasteiger partial charge in [0, 0.05) is 25.3 Å². The molecule has 2 rings (SSSR count). The van der Waals surface area contributed by atoms with E-state index in [1.165, 1.54) is 11.8 Å². The van der Waals surface area contributed by atoms with Gasteiger partial charge in [-0.2, -0.15) is 0 Å². The lowest BCUT2D eigenvalue weighted by atomic mass is 10.2. The summed E-state index contributed by atoms with van der Waals surface area (Å²) in [5.74, 6) is 0.817. The molecule has 1 heterocycles. The highest BCUT2D eigenvalue weighted by molar-refractivity contribution is 7.99. The molecule has 0 radical (unpaired) electrons. The molecule has 0 spiro atoms. The predicted octanol–water partition coefficient (Wildman–Crippen LogP) is 0.940. The van der Waals surface area contributed by atoms with E-state index in [1.807, 2.05) is 43.3 Å². The first-order valence-electron chi connectivity index (χ1n) is 5.75. The molecule has 0 fully saturated rings. The summed E-state index contributed by atoms with van der Waals surface area (Å²) in [6, 6.07) is 7.93. The number of hydrogen-bond acceptors (Lipinski definition) is 6. The van der Waals surface area contributed by atoms with E-state index in [1.54, 1.807) is 0 Å². The number of anilines is 1. The minimum Gasteiger partial charge on any atom is -0.378 e. The fourth-order valence-electron chi connectivity index (χ4n) is 1.51. The van der Waals surface area contributed by atoms with E-state index in [0.29, 0.717) is 11.0 Å². The third-order valence-corrected chi connectivity index (χ3v) is 3.39. The van der Waals surface area contributed by atoms with Crippen molar-refractivity contribution >= 4 is 17.4 Å². The number of aromatic amines is 1. The molecular formula is C12H16N4O2S. The van der Waals surface area contributed by atoms with Crippen molar-refractivity contribution < 1.29 is 10.2 Å². The zero-order chi connectivity index (χ0) is 13.8. The molecule has 7 heteroatoms. The summed E-state index contributed by atoms with van der Waals surface area (Å²) in [5, 5.41) is 24.9. The Morgan fingerprint density at radius 3 is 2.53 bits per heavy atom. The number of hydrogen-bond donors (Lipinski definition) is 3. The molecule has 1 aromatic carbocycles. The van der Waals surface area contributed by atoms with E-state index in [4.69, 9.17) is 10.2 Å². The Morgan fingerprint density at radius 2 is 1.95 bits per heavy atom. The van der Waals surface area contributed by atoms with Gasteiger partial charge in [-0.1, -0.05) is 11.8 Å². The van der Waals surface area contributed by atoms with Crippen molar-refractivity contribution in [1.29, 1.82) is 0 Å². The van der Waals surface area contributed by atoms with Gasteiger partial charge in [0.05, 0.1) is 5.75 Å². The van der Waals surface area contributed by atoms with Gasteiger partial charge in [-0.25, -0.2) is 4.98 Å². The lowest BCUT2D eigenvalue weighted by Gasteiger charge is -2.11. The predicted molar refractivity (Wildman–Crippen MR) is 75.1 cm³/mol. The van der Waals surface area contributed by atoms with Crippen LogP contribution in [0.2, 0.25) is 0 Å². The fourth-order valence-corrected chi connectivity index (χ4v) is 2.07. The summed E-state index contributed by atoms with van der Waals surface area (Å²) in [5.41, 5.74) is 2.05. The van der Waals surface area contributed by atoms with Crippen LogP contribution in [0, 0.1) is 0 Å². The van der Waals surface area contributed by atoms with Crippen LogP contribution < -0.4 is 4.90 Å². The van der Waals surface area contributed by atoms with Gasteiger partial charge in [0.15, 0.2) is 12.1 Å². The average Bonchev–Trinajstić information content (AvgIpc) is 2.85. The van der Waals surface area contributed by atoms with Crippen molar-refractivity contribution in [2.75, 3.05) is 24.7 Å². The Kier molecular flexibility index (Phi) is 4.41. The van der Waals surface area contributed by atoms with Crippen LogP contribution in [-0.4, -0.2) is 51.5 Å². The smallest absolute Gasteiger partial charge is 0.208 e. The molecule has 0 unspecified atom stereocenters. The Hall–Kier alpha value is -1.57. The molecule has 19 heavy (non-hydrogen) atoms. The van der Waals surface area contributed by atoms with Crippen molar-refractivity contribution in [2.24, 2.45) is 0 Å². The Labute approximate surface area is 115 Å². The topological polar surface area (TPSA) is 85.3 Å². The largest absolute Gasteiger partial charge is 0.378 e. The zero-order valence-corrected chi connectivity index (χ0v) is 11.6. The summed E-state index contributed by atoms with van der Waals surface area (Å²) in [7, 11) is 3.97. The third kappa shape index (κ3) is 3.69. The van der Waals surface area contributed by atoms with Crippen LogP contribution in [0.5, 0.6) is 0 Å². The van der Waals surface area contributed by atoms with Gasteiger partial charge < -0.3 is 15.1 Å². The molecule has 1 aromatic heterocycles. The summed E-state index contributed by atoms with van der Waals surface area (Å²) in [6.07, 6.45) is -1.36. The lowest BCUT2D eigenvalue weighted by molar-refractivity contribution is -0.0186. The molecule has 102 valence electrons. The van der Waals surface area contributed by atoms with Gasteiger partial charge in [-0.15, -0.1) is 5.10 Å². The Balaban J connectivity index is 2.09. The van der Waals surface area contributed by atoms with Crippen molar-refractivity contribution in [3.8, 4) is 11.4 Å². The molecular weight excluding hydrogens is 264 g/mol. The second-order valence-electron chi connectivity index (χ2n) is 4.20. The first-order valence-corrected chi connectivity index (χ1v) is 6.74. The maximum Gasteiger partial charge on any atom is 0.208 e. The van der Waals surface area contributed by atoms with E-state index >= 15 is 0 Å². The van der Waals surface area contributed by atoms with Gasteiger partial charge in [0.1, 0.15) is 0 Å². The van der Waals surface area contributed by atoms with Crippen molar-refractivity contribution in [1.82, 2.24) is 15.2 Å². The summed E-state index contributed by atoms with van der Waals surface area (Å²) >= 11 is 1.19. The second kappa shape index (κ2) is 6.05. The minimum atomic E-state index is -1.36. The average molecular weight is 280 g/mol. The summed E-state index contributed by atoms with van der Waals surface area (Å²) in [6.45, 7) is 0. The number of aliphatic hydroxyl groups excluding tert-OH is 1. The molecule has 0 aliphatic rings. The van der Waals surface area contributed by atoms with Crippen LogP contribution in [0.15, 0.2) is 29.4 Å². The van der Waals surface area contributed by atoms with Gasteiger partial charge in [0.2, 0.25) is 5.16 Å². The number of rotatable bonds is 5. The Bertz CT molecular complexity index is 525. The maximum atomic E-state index is 8.78. The zero-order valence-electron chi connectivity index (χ0n) is 10.7. The summed E-state index contributed by atoms with van der Waals surface area (Å²) < 4.78 is 0. The van der Waals surface area contributed by atoms with Gasteiger partial charge in [0.25, 0.3) is 0 Å². The molecule has 0 amide bonds. The number of aliphatic hydroxyl groups is 2. The van der Waals surface area contributed by atoms with E-state index < -0.39 is 6.29 Å². The SMILES string of the molecule is CN(C)c1ccc(-c2nc(SCC(O)O)n[nH]2)cc1. The van der Waals surface area contributed by atoms with E-state index in [-0.39, 0.29) is 5.75 Å². The number of thioether (sulfide) groups is 1. The quantitative estimate of drug-likeness (QED) is 0.558. The van der Waals surface area contributed by atoms with Crippen LogP contribution in [0.4, 0.5) is 5.69 Å². The van der Waals surface area contributed by atoms with Gasteiger partial charge in [-0.3, -0.25) is 5.10 Å². The Morgan fingerprint density at radius 1 is 1.26 bits per heavy atom. The van der Waals surface area contributed by atoms with E-state index in [9.17, 15) is 0 Å². The highest BCUT2D eigenvalue weighted by atomic mass is 32.2. The molecule has 0 aliphatic heterocycles. The summed E-state index contributed by atoms with van der Waals surface area (Å²) in [4.78, 5) is 6.31. The number of H-pyrrole nitrogens is 1. The monoisotopic (exact) mass is 280 g/mol. The molecule has 0 saturated heterocycles. The first kappa shape index (κ1) is 13.9. The standard InChI is InChI=1S/C12H16N4O2S/c1-16(2)9-5-3-8(4-6-9)11-13-12(15-14-11)19-7-10(17)18/h3-6,10,17-18H,7H2,1-2H3,(H,13,14,15). The van der Waals surface area contributed by atoms with Crippen LogP contribution >= 0.6 is 11.8 Å². The van der Waals surface area contributed by atoms with Crippen LogP contribution in [0.25, 0.3) is 11.4 Å². The fraction of sp³-hybridized carbons (Fsp3) is 0.333. The number of aromatic nitrogens is 3. The number of nitrogens with one attached hydrogen (secondary N) is 1. The maximum absolute atomic E-state index is 8.78. The number of benzene rings is 1. The highest BCUT2D eigenvalue weighted by Crippen LogP contribution is 2.21. The van der Waals surface area contributed by atoms with Gasteiger partial charge >= 0.3 is 0 Å². The van der Waals surface area contributed by atoms with Crippen molar-refractivity contribution in [3.63, 3.8) is 0 Å². The van der Waals surface area contributed by atoms with Crippen LogP contribution in [0.1, 0.15) is 0 Å². The lowest BCUT2D eigenvalue weighted by Crippen LogP contribution is -2.07. The molecule has 0 bridgehead atoms. The molecule has 6 nitrogen and oxygen atoms in total. The van der Waals surface area contributed by atoms with Crippen molar-refractivity contribution in [2.45, 2.75) is 11.4 Å². The van der Waals surface area contributed by atoms with E-state index in [2.05, 4.69) is 15.2 Å². The molecule has 3 N–H and O–H groups in total. The molecule has 0 saturated carbocycles. The normalized spacial score (nSPS) is 11.0. The molecule has 0 aliphatic carbocycles. The third-order valence-electron chi connectivity index (χ3n) is 2.48. The second-order valence-corrected chi connectivity index (χ2v) is 5.19. The first-order chi connectivity index (χ1) is 9.06. The van der Waals surface area contributed by atoms with Crippen molar-refractivity contribution in [3.05, 3.63) is 24.3 Å².